The molecule has 2 rings (SSSR count). The van der Waals surface area contributed by atoms with Crippen molar-refractivity contribution in [1.82, 2.24) is 14.9 Å². The van der Waals surface area contributed by atoms with Gasteiger partial charge in [-0.15, -0.1) is 0 Å². The van der Waals surface area contributed by atoms with E-state index in [1.165, 1.54) is 11.4 Å². The van der Waals surface area contributed by atoms with E-state index in [-0.39, 0.29) is 24.9 Å². The number of nitrogens with zero attached hydrogens (tertiary/aromatic N) is 1. The fourth-order valence-electron chi connectivity index (χ4n) is 2.90. The Kier molecular flexibility index (Phi) is 6.74. The minimum Gasteiger partial charge on any atom is -0.358 e. The highest BCUT2D eigenvalue weighted by Gasteiger charge is 2.32. The number of likely N-dealkylation sites (N-methyl/N-ethyl adjacent to an activating group) is 1. The molecule has 0 aromatic heterocycles. The molecule has 1 heterocycles. The molecule has 0 saturated carbocycles. The smallest absolute Gasteiger partial charge is 0.275 e. The van der Waals surface area contributed by atoms with E-state index in [0.717, 1.165) is 16.0 Å². The topological polar surface area (TPSA) is 100 Å². The van der Waals surface area contributed by atoms with E-state index in [1.54, 1.807) is 13.0 Å². The predicted molar refractivity (Wildman–Crippen MR) is 97.3 cm³/mol. The highest BCUT2D eigenvalue weighted by molar-refractivity contribution is 7.89. The van der Waals surface area contributed by atoms with Gasteiger partial charge in [-0.2, -0.15) is 4.31 Å². The van der Waals surface area contributed by atoms with Crippen LogP contribution >= 0.6 is 0 Å². The minimum atomic E-state index is -3.53. The maximum Gasteiger partial charge on any atom is 0.275 e. The van der Waals surface area contributed by atoms with E-state index >= 15 is 0 Å². The van der Waals surface area contributed by atoms with Crippen LogP contribution in [0, 0.1) is 13.8 Å². The van der Waals surface area contributed by atoms with Gasteiger partial charge in [0, 0.05) is 7.05 Å². The van der Waals surface area contributed by atoms with Crippen LogP contribution in [0.2, 0.25) is 0 Å². The fourth-order valence-corrected chi connectivity index (χ4v) is 4.65. The largest absolute Gasteiger partial charge is 0.358 e. The first kappa shape index (κ1) is 20.3. The Morgan fingerprint density at radius 2 is 1.81 bits per heavy atom. The van der Waals surface area contributed by atoms with E-state index in [4.69, 9.17) is 0 Å². The molecule has 0 unspecified atom stereocenters. The number of quaternary nitrogens is 1. The number of aryl methyl sites for hydroxylation is 2. The summed E-state index contributed by atoms with van der Waals surface area (Å²) in [5.41, 5.74) is 1.64. The molecule has 144 valence electrons. The molecule has 0 spiro atoms. The number of rotatable bonds is 6. The van der Waals surface area contributed by atoms with Crippen molar-refractivity contribution >= 4 is 21.8 Å². The molecule has 8 nitrogen and oxygen atoms in total. The number of nitrogens with one attached hydrogen (secondary N) is 3. The zero-order valence-electron chi connectivity index (χ0n) is 15.5. The third-order valence-electron chi connectivity index (χ3n) is 4.53. The van der Waals surface area contributed by atoms with Crippen molar-refractivity contribution in [1.29, 1.82) is 0 Å². The Bertz CT molecular complexity index is 771. The van der Waals surface area contributed by atoms with Gasteiger partial charge in [0.1, 0.15) is 0 Å². The summed E-state index contributed by atoms with van der Waals surface area (Å²) in [6.45, 7) is 5.70. The summed E-state index contributed by atoms with van der Waals surface area (Å²) in [5.74, 6) is -0.466. The molecule has 1 aromatic carbocycles. The van der Waals surface area contributed by atoms with Gasteiger partial charge in [0.2, 0.25) is 15.9 Å². The van der Waals surface area contributed by atoms with Crippen LogP contribution in [0.15, 0.2) is 23.1 Å². The summed E-state index contributed by atoms with van der Waals surface area (Å²) in [7, 11) is -2.02. The lowest BCUT2D eigenvalue weighted by atomic mass is 10.2. The molecule has 0 radical (unpaired) electrons. The Balaban J connectivity index is 1.92. The number of hydrogen-bond acceptors (Lipinski definition) is 4. The van der Waals surface area contributed by atoms with Crippen LogP contribution in [0.25, 0.3) is 0 Å². The number of carbonyl (C=O) groups excluding carboxylic acids is 2. The van der Waals surface area contributed by atoms with Gasteiger partial charge in [-0.1, -0.05) is 12.1 Å². The van der Waals surface area contributed by atoms with Crippen LogP contribution in [-0.2, 0) is 19.6 Å². The number of carbonyl (C=O) groups is 2. The lowest BCUT2D eigenvalue weighted by Crippen LogP contribution is -3.15. The zero-order valence-corrected chi connectivity index (χ0v) is 16.3. The maximum absolute atomic E-state index is 12.9. The van der Waals surface area contributed by atoms with Gasteiger partial charge in [0.05, 0.1) is 37.6 Å². The predicted octanol–water partition coefficient (Wildman–Crippen LogP) is -1.95. The van der Waals surface area contributed by atoms with E-state index in [1.807, 2.05) is 19.1 Å². The fraction of sp³-hybridized carbons (Fsp3) is 0.529. The first-order valence-electron chi connectivity index (χ1n) is 8.62. The van der Waals surface area contributed by atoms with Gasteiger partial charge >= 0.3 is 0 Å². The molecule has 9 heteroatoms. The van der Waals surface area contributed by atoms with Crippen LogP contribution in [0.5, 0.6) is 0 Å². The average Bonchev–Trinajstić information content (AvgIpc) is 2.62. The number of sulfonamides is 1. The average molecular weight is 383 g/mol. The van der Waals surface area contributed by atoms with Crippen molar-refractivity contribution < 1.29 is 22.9 Å². The number of hydrogen-bond donors (Lipinski definition) is 3. The minimum absolute atomic E-state index is 0.0459. The van der Waals surface area contributed by atoms with Crippen LogP contribution in [0.3, 0.4) is 0 Å². The van der Waals surface area contributed by atoms with Gasteiger partial charge in [0.15, 0.2) is 6.54 Å². The molecule has 26 heavy (non-hydrogen) atoms. The molecule has 0 bridgehead atoms. The molecule has 1 aromatic rings. The summed E-state index contributed by atoms with van der Waals surface area (Å²) >= 11 is 0. The molecule has 1 saturated heterocycles. The summed E-state index contributed by atoms with van der Waals surface area (Å²) in [6, 6.07) is 5.42. The SMILES string of the molecule is CNC(=O)CNC(=O)C[NH+]1CCN(S(=O)(=O)c2cc(C)ccc2C)CC1. The van der Waals surface area contributed by atoms with Gasteiger partial charge < -0.3 is 15.5 Å². The van der Waals surface area contributed by atoms with Crippen LogP contribution in [0.4, 0.5) is 0 Å². The molecular weight excluding hydrogens is 356 g/mol. The number of amides is 2. The second-order valence-electron chi connectivity index (χ2n) is 6.55. The van der Waals surface area contributed by atoms with Gasteiger partial charge in [-0.05, 0) is 31.0 Å². The van der Waals surface area contributed by atoms with Crippen LogP contribution in [-0.4, -0.2) is 70.9 Å². The molecule has 1 fully saturated rings. The Morgan fingerprint density at radius 1 is 1.15 bits per heavy atom. The molecule has 2 amide bonds. The molecule has 3 N–H and O–H groups in total. The quantitative estimate of drug-likeness (QED) is 0.532. The highest BCUT2D eigenvalue weighted by atomic mass is 32.2. The number of piperazine rings is 1. The Hall–Kier alpha value is -1.97. The van der Waals surface area contributed by atoms with E-state index < -0.39 is 10.0 Å². The normalized spacial score (nSPS) is 16.3. The second kappa shape index (κ2) is 8.61. The molecule has 0 atom stereocenters. The van der Waals surface area contributed by atoms with E-state index in [9.17, 15) is 18.0 Å². The summed E-state index contributed by atoms with van der Waals surface area (Å²) < 4.78 is 27.3. The molecule has 1 aliphatic heterocycles. The summed E-state index contributed by atoms with van der Waals surface area (Å²) in [4.78, 5) is 24.4. The summed E-state index contributed by atoms with van der Waals surface area (Å²) in [6.07, 6.45) is 0. The lowest BCUT2D eigenvalue weighted by Gasteiger charge is -2.31. The Morgan fingerprint density at radius 3 is 2.42 bits per heavy atom. The van der Waals surface area contributed by atoms with Gasteiger partial charge in [0.25, 0.3) is 5.91 Å². The third kappa shape index (κ3) is 5.03. The van der Waals surface area contributed by atoms with Crippen LogP contribution < -0.4 is 15.5 Å². The number of benzene rings is 1. The first-order chi connectivity index (χ1) is 12.2. The zero-order chi connectivity index (χ0) is 19.3. The van der Waals surface area contributed by atoms with Crippen molar-refractivity contribution in [2.24, 2.45) is 0 Å². The second-order valence-corrected chi connectivity index (χ2v) is 8.46. The maximum atomic E-state index is 12.9. The van der Waals surface area contributed by atoms with Crippen LogP contribution in [0.1, 0.15) is 11.1 Å². The van der Waals surface area contributed by atoms with Crippen molar-refractivity contribution in [3.05, 3.63) is 29.3 Å². The molecular formula is C17H27N4O4S+. The van der Waals surface area contributed by atoms with Crippen molar-refractivity contribution in [2.75, 3.05) is 46.3 Å². The van der Waals surface area contributed by atoms with Crippen molar-refractivity contribution in [3.8, 4) is 0 Å². The lowest BCUT2D eigenvalue weighted by molar-refractivity contribution is -0.895. The summed E-state index contributed by atoms with van der Waals surface area (Å²) in [5, 5.41) is 4.99. The van der Waals surface area contributed by atoms with Gasteiger partial charge in [-0.3, -0.25) is 9.59 Å². The van der Waals surface area contributed by atoms with Crippen molar-refractivity contribution in [3.63, 3.8) is 0 Å². The highest BCUT2D eigenvalue weighted by Crippen LogP contribution is 2.21. The van der Waals surface area contributed by atoms with Gasteiger partial charge in [-0.25, -0.2) is 8.42 Å². The standard InChI is InChI=1S/C17H26N4O4S/c1-13-4-5-14(2)15(10-13)26(24,25)21-8-6-20(7-9-21)12-17(23)19-11-16(22)18-3/h4-5,10H,6-9,11-12H2,1-3H3,(H,18,22)(H,19,23)/p+1. The Labute approximate surface area is 154 Å². The molecule has 0 aliphatic carbocycles. The van der Waals surface area contributed by atoms with E-state index in [2.05, 4.69) is 10.6 Å². The van der Waals surface area contributed by atoms with E-state index in [0.29, 0.717) is 31.1 Å². The third-order valence-corrected chi connectivity index (χ3v) is 6.57. The molecule has 1 aliphatic rings. The van der Waals surface area contributed by atoms with Crippen molar-refractivity contribution in [2.45, 2.75) is 18.7 Å². The first-order valence-corrected chi connectivity index (χ1v) is 10.1. The monoisotopic (exact) mass is 383 g/mol.